The minimum atomic E-state index is -0.775. The molecule has 0 aliphatic heterocycles. The first-order valence-electron chi connectivity index (χ1n) is 30.1. The van der Waals surface area contributed by atoms with Gasteiger partial charge in [-0.15, -0.1) is 0 Å². The Morgan fingerprint density at radius 1 is 0.304 bits per heavy atom. The molecule has 0 aromatic rings. The van der Waals surface area contributed by atoms with Crippen LogP contribution in [-0.4, -0.2) is 37.2 Å². The Labute approximate surface area is 428 Å². The number of ether oxygens (including phenoxy) is 3. The minimum Gasteiger partial charge on any atom is -0.462 e. The van der Waals surface area contributed by atoms with Gasteiger partial charge in [0.05, 0.1) is 0 Å². The van der Waals surface area contributed by atoms with Crippen molar-refractivity contribution in [2.45, 2.75) is 322 Å². The molecule has 6 heteroatoms. The highest BCUT2D eigenvalue weighted by Crippen LogP contribution is 2.17. The predicted octanol–water partition coefficient (Wildman–Crippen LogP) is 20.2. The molecule has 0 saturated carbocycles. The Kier molecular flexibility index (Phi) is 55.7. The van der Waals surface area contributed by atoms with Gasteiger partial charge in [-0.1, -0.05) is 288 Å². The maximum Gasteiger partial charge on any atom is 0.306 e. The van der Waals surface area contributed by atoms with Gasteiger partial charge < -0.3 is 14.2 Å². The van der Waals surface area contributed by atoms with Crippen LogP contribution in [0.25, 0.3) is 0 Å². The third-order valence-electron chi connectivity index (χ3n) is 13.3. The standard InChI is InChI=1S/C63H114O6/c1-4-7-10-13-16-19-22-25-27-29-31-33-35-38-41-44-47-50-53-56-62(65)68-59-60(58-67-61(64)55-52-49-46-43-40-37-24-21-18-15-12-9-6-3)69-63(66)57-54-51-48-45-42-39-36-34-32-30-28-26-23-20-17-14-11-8-5-2/h7,10,16,19,25,27,31,33,60H,4-6,8-9,11-15,17-18,20-24,26,28-30,32,34-59H2,1-3H3/b10-7-,19-16-,27-25-,33-31-. The van der Waals surface area contributed by atoms with E-state index < -0.39 is 6.10 Å². The van der Waals surface area contributed by atoms with Crippen molar-refractivity contribution in [1.29, 1.82) is 0 Å². The first-order valence-corrected chi connectivity index (χ1v) is 30.1. The van der Waals surface area contributed by atoms with Gasteiger partial charge in [-0.25, -0.2) is 0 Å². The number of esters is 3. The molecule has 6 nitrogen and oxygen atoms in total. The second-order valence-corrected chi connectivity index (χ2v) is 20.2. The monoisotopic (exact) mass is 967 g/mol. The molecule has 0 saturated heterocycles. The van der Waals surface area contributed by atoms with Crippen LogP contribution in [0.15, 0.2) is 48.6 Å². The first kappa shape index (κ1) is 66.4. The Bertz CT molecular complexity index is 1200. The number of rotatable bonds is 55. The van der Waals surface area contributed by atoms with Gasteiger partial charge in [-0.2, -0.15) is 0 Å². The molecule has 0 aromatic carbocycles. The number of hydrogen-bond acceptors (Lipinski definition) is 6. The average molecular weight is 968 g/mol. The van der Waals surface area contributed by atoms with Crippen molar-refractivity contribution < 1.29 is 28.6 Å². The van der Waals surface area contributed by atoms with Crippen LogP contribution in [0.5, 0.6) is 0 Å². The summed E-state index contributed by atoms with van der Waals surface area (Å²) in [7, 11) is 0. The molecule has 0 rings (SSSR count). The lowest BCUT2D eigenvalue weighted by atomic mass is 10.0. The molecule has 402 valence electrons. The van der Waals surface area contributed by atoms with Crippen molar-refractivity contribution in [2.75, 3.05) is 13.2 Å². The molecule has 0 radical (unpaired) electrons. The normalized spacial score (nSPS) is 12.3. The smallest absolute Gasteiger partial charge is 0.306 e. The third-order valence-corrected chi connectivity index (χ3v) is 13.3. The fourth-order valence-electron chi connectivity index (χ4n) is 8.85. The van der Waals surface area contributed by atoms with E-state index in [9.17, 15) is 14.4 Å². The summed E-state index contributed by atoms with van der Waals surface area (Å²) in [4.78, 5) is 38.2. The fourth-order valence-corrected chi connectivity index (χ4v) is 8.85. The summed E-state index contributed by atoms with van der Waals surface area (Å²) in [6.45, 7) is 6.56. The molecule has 69 heavy (non-hydrogen) atoms. The van der Waals surface area contributed by atoms with E-state index in [4.69, 9.17) is 14.2 Å². The van der Waals surface area contributed by atoms with E-state index >= 15 is 0 Å². The Morgan fingerprint density at radius 3 is 0.884 bits per heavy atom. The molecule has 0 amide bonds. The highest BCUT2D eigenvalue weighted by Gasteiger charge is 2.19. The van der Waals surface area contributed by atoms with Gasteiger partial charge >= 0.3 is 17.9 Å². The van der Waals surface area contributed by atoms with Crippen LogP contribution in [-0.2, 0) is 28.6 Å². The molecule has 0 bridgehead atoms. The summed E-state index contributed by atoms with van der Waals surface area (Å²) in [5.74, 6) is -0.868. The van der Waals surface area contributed by atoms with E-state index in [2.05, 4.69) is 69.4 Å². The Balaban J connectivity index is 4.34. The number of unbranched alkanes of at least 4 members (excludes halogenated alkanes) is 36. The summed E-state index contributed by atoms with van der Waals surface area (Å²) in [5, 5.41) is 0. The molecule has 1 atom stereocenters. The lowest BCUT2D eigenvalue weighted by Gasteiger charge is -2.18. The van der Waals surface area contributed by atoms with Gasteiger partial charge in [0.2, 0.25) is 0 Å². The zero-order valence-corrected chi connectivity index (χ0v) is 46.1. The van der Waals surface area contributed by atoms with Crippen molar-refractivity contribution in [2.24, 2.45) is 0 Å². The summed E-state index contributed by atoms with van der Waals surface area (Å²) >= 11 is 0. The fraction of sp³-hybridized carbons (Fsp3) is 0.825. The van der Waals surface area contributed by atoms with Gasteiger partial charge in [0.15, 0.2) is 6.10 Å². The van der Waals surface area contributed by atoms with Crippen LogP contribution in [0.3, 0.4) is 0 Å². The number of allylic oxidation sites excluding steroid dienone is 8. The van der Waals surface area contributed by atoms with Crippen molar-refractivity contribution >= 4 is 17.9 Å². The van der Waals surface area contributed by atoms with Crippen molar-refractivity contribution in [1.82, 2.24) is 0 Å². The van der Waals surface area contributed by atoms with Crippen LogP contribution < -0.4 is 0 Å². The SMILES string of the molecule is CC/C=C\C/C=C\C/C=C\C/C=C\CCCCCCCCC(=O)OCC(COC(=O)CCCCCCCCCCCCCCC)OC(=O)CCCCCCCCCCCCCCCCCCCCC. The molecule has 0 aliphatic carbocycles. The molecular weight excluding hydrogens is 853 g/mol. The molecule has 1 unspecified atom stereocenters. The van der Waals surface area contributed by atoms with Crippen molar-refractivity contribution in [3.05, 3.63) is 48.6 Å². The van der Waals surface area contributed by atoms with Gasteiger partial charge in [0, 0.05) is 19.3 Å². The first-order chi connectivity index (χ1) is 34.0. The highest BCUT2D eigenvalue weighted by atomic mass is 16.6. The van der Waals surface area contributed by atoms with E-state index in [0.717, 1.165) is 89.9 Å². The van der Waals surface area contributed by atoms with Gasteiger partial charge in [0.25, 0.3) is 0 Å². The summed E-state index contributed by atoms with van der Waals surface area (Å²) < 4.78 is 16.9. The average Bonchev–Trinajstić information content (AvgIpc) is 3.35. The van der Waals surface area contributed by atoms with Crippen LogP contribution in [0, 0.1) is 0 Å². The van der Waals surface area contributed by atoms with Crippen molar-refractivity contribution in [3.63, 3.8) is 0 Å². The second-order valence-electron chi connectivity index (χ2n) is 20.2. The summed E-state index contributed by atoms with van der Waals surface area (Å²) in [5.41, 5.74) is 0. The maximum atomic E-state index is 12.9. The number of hydrogen-bond donors (Lipinski definition) is 0. The molecule has 0 fully saturated rings. The lowest BCUT2D eigenvalue weighted by molar-refractivity contribution is -0.167. The van der Waals surface area contributed by atoms with Crippen molar-refractivity contribution in [3.8, 4) is 0 Å². The van der Waals surface area contributed by atoms with Crippen LogP contribution in [0.1, 0.15) is 316 Å². The highest BCUT2D eigenvalue weighted by molar-refractivity contribution is 5.71. The zero-order chi connectivity index (χ0) is 50.0. The molecule has 0 heterocycles. The summed E-state index contributed by atoms with van der Waals surface area (Å²) in [6, 6.07) is 0. The van der Waals surface area contributed by atoms with E-state index in [1.165, 1.54) is 186 Å². The number of carbonyl (C=O) groups excluding carboxylic acids is 3. The van der Waals surface area contributed by atoms with E-state index in [1.807, 2.05) is 0 Å². The second kappa shape index (κ2) is 57.9. The third kappa shape index (κ3) is 56.2. The van der Waals surface area contributed by atoms with E-state index in [1.54, 1.807) is 0 Å². The Hall–Kier alpha value is -2.63. The molecular formula is C63H114O6. The largest absolute Gasteiger partial charge is 0.462 e. The molecule has 0 spiro atoms. The predicted molar refractivity (Wildman–Crippen MR) is 298 cm³/mol. The topological polar surface area (TPSA) is 78.9 Å². The van der Waals surface area contributed by atoms with Crippen LogP contribution >= 0.6 is 0 Å². The molecule has 0 aliphatic rings. The Morgan fingerprint density at radius 2 is 0.565 bits per heavy atom. The lowest BCUT2D eigenvalue weighted by Crippen LogP contribution is -2.30. The van der Waals surface area contributed by atoms with Gasteiger partial charge in [-0.3, -0.25) is 14.4 Å². The zero-order valence-electron chi connectivity index (χ0n) is 46.1. The molecule has 0 aromatic heterocycles. The van der Waals surface area contributed by atoms with E-state index in [0.29, 0.717) is 19.3 Å². The molecule has 0 N–H and O–H groups in total. The number of carbonyl (C=O) groups is 3. The van der Waals surface area contributed by atoms with E-state index in [-0.39, 0.29) is 31.1 Å². The van der Waals surface area contributed by atoms with Crippen LogP contribution in [0.2, 0.25) is 0 Å². The van der Waals surface area contributed by atoms with Crippen LogP contribution in [0.4, 0.5) is 0 Å². The minimum absolute atomic E-state index is 0.0730. The van der Waals surface area contributed by atoms with Gasteiger partial charge in [0.1, 0.15) is 13.2 Å². The van der Waals surface area contributed by atoms with Gasteiger partial charge in [-0.05, 0) is 57.8 Å². The quantitative estimate of drug-likeness (QED) is 0.0262. The summed E-state index contributed by atoms with van der Waals surface area (Å²) in [6.07, 6.45) is 71.0. The maximum absolute atomic E-state index is 12.9.